The summed E-state index contributed by atoms with van der Waals surface area (Å²) in [6.45, 7) is 7.12. The lowest BCUT2D eigenvalue weighted by Crippen LogP contribution is -2.48. The quantitative estimate of drug-likeness (QED) is 0.438. The van der Waals surface area contributed by atoms with Gasteiger partial charge in [-0.1, -0.05) is 6.08 Å². The summed E-state index contributed by atoms with van der Waals surface area (Å²) in [5.74, 6) is 0. The molecular weight excluding hydrogens is 200 g/mol. The lowest BCUT2D eigenvalue weighted by atomic mass is 9.97. The number of rotatable bonds is 3. The van der Waals surface area contributed by atoms with Crippen LogP contribution in [0.5, 0.6) is 0 Å². The third kappa shape index (κ3) is 2.10. The molecule has 0 aliphatic carbocycles. The van der Waals surface area contributed by atoms with Gasteiger partial charge in [-0.15, -0.1) is 10.1 Å². The average Bonchev–Trinajstić information content (AvgIpc) is 2.23. The van der Waals surface area contributed by atoms with Gasteiger partial charge in [-0.2, -0.15) is 5.06 Å². The van der Waals surface area contributed by atoms with Crippen LogP contribution in [0, 0.1) is 10.1 Å². The van der Waals surface area contributed by atoms with Crippen LogP contribution in [0.15, 0.2) is 11.6 Å². The van der Waals surface area contributed by atoms with Crippen molar-refractivity contribution < 1.29 is 15.1 Å². The molecule has 15 heavy (non-hydrogen) atoms. The monoisotopic (exact) mass is 216 g/mol. The van der Waals surface area contributed by atoms with Crippen molar-refractivity contribution in [3.63, 3.8) is 0 Å². The molecule has 0 atom stereocenters. The van der Waals surface area contributed by atoms with Crippen molar-refractivity contribution in [3.8, 4) is 0 Å². The van der Waals surface area contributed by atoms with Crippen molar-refractivity contribution in [2.24, 2.45) is 0 Å². The summed E-state index contributed by atoms with van der Waals surface area (Å²) in [6.07, 6.45) is 1.79. The first kappa shape index (κ1) is 11.9. The summed E-state index contributed by atoms with van der Waals surface area (Å²) < 4.78 is 0. The first-order chi connectivity index (χ1) is 6.68. The molecule has 0 saturated carbocycles. The minimum absolute atomic E-state index is 0.111. The molecule has 1 N–H and O–H groups in total. The van der Waals surface area contributed by atoms with Gasteiger partial charge < -0.3 is 10.0 Å². The highest BCUT2D eigenvalue weighted by molar-refractivity contribution is 5.29. The van der Waals surface area contributed by atoms with Gasteiger partial charge in [-0.25, -0.2) is 0 Å². The third-order valence-electron chi connectivity index (χ3n) is 2.71. The number of nitrogens with zero attached hydrogens (tertiary/aromatic N) is 2. The van der Waals surface area contributed by atoms with Crippen LogP contribution in [0.1, 0.15) is 27.7 Å². The molecule has 0 fully saturated rings. The van der Waals surface area contributed by atoms with Crippen LogP contribution >= 0.6 is 0 Å². The van der Waals surface area contributed by atoms with Crippen LogP contribution in [0.25, 0.3) is 0 Å². The Kier molecular flexibility index (Phi) is 2.75. The fourth-order valence-corrected chi connectivity index (χ4v) is 1.86. The molecule has 0 unspecified atom stereocenters. The Hall–Kier alpha value is -1.14. The molecule has 0 spiro atoms. The molecule has 1 aliphatic heterocycles. The highest BCUT2D eigenvalue weighted by Gasteiger charge is 2.45. The molecule has 0 aromatic heterocycles. The van der Waals surface area contributed by atoms with Crippen molar-refractivity contribution in [2.75, 3.05) is 6.61 Å². The Morgan fingerprint density at radius 3 is 2.40 bits per heavy atom. The second-order valence-corrected chi connectivity index (χ2v) is 4.69. The largest absolute Gasteiger partial charge is 0.312 e. The van der Waals surface area contributed by atoms with Gasteiger partial charge in [0, 0.05) is 0 Å². The van der Waals surface area contributed by atoms with Gasteiger partial charge in [0.15, 0.2) is 0 Å². The van der Waals surface area contributed by atoms with Crippen molar-refractivity contribution in [1.29, 1.82) is 0 Å². The number of hydrogen-bond acceptors (Lipinski definition) is 5. The molecule has 6 heteroatoms. The predicted molar refractivity (Wildman–Crippen MR) is 52.8 cm³/mol. The van der Waals surface area contributed by atoms with Crippen molar-refractivity contribution >= 4 is 0 Å². The third-order valence-corrected chi connectivity index (χ3v) is 2.71. The highest BCUT2D eigenvalue weighted by Crippen LogP contribution is 2.38. The SMILES string of the molecule is CC1(C)C=C(CO[N+](=O)[O-])C(C)(C)N1O. The smallest absolute Gasteiger partial charge is 0.294 e. The van der Waals surface area contributed by atoms with Crippen molar-refractivity contribution in [1.82, 2.24) is 5.06 Å². The van der Waals surface area contributed by atoms with Crippen LogP contribution in [-0.2, 0) is 4.84 Å². The van der Waals surface area contributed by atoms with Gasteiger partial charge in [-0.3, -0.25) is 0 Å². The summed E-state index contributed by atoms with van der Waals surface area (Å²) in [7, 11) is 0. The first-order valence-electron chi connectivity index (χ1n) is 4.66. The van der Waals surface area contributed by atoms with Crippen LogP contribution in [-0.4, -0.2) is 33.0 Å². The van der Waals surface area contributed by atoms with E-state index in [9.17, 15) is 15.3 Å². The molecule has 1 rings (SSSR count). The van der Waals surface area contributed by atoms with E-state index in [2.05, 4.69) is 4.84 Å². The topological polar surface area (TPSA) is 75.8 Å². The van der Waals surface area contributed by atoms with E-state index in [1.807, 2.05) is 13.8 Å². The molecular formula is C9H16N2O4. The van der Waals surface area contributed by atoms with E-state index in [1.165, 1.54) is 5.06 Å². The molecule has 1 aliphatic rings. The average molecular weight is 216 g/mol. The van der Waals surface area contributed by atoms with E-state index in [0.717, 1.165) is 0 Å². The van der Waals surface area contributed by atoms with Crippen LogP contribution in [0.4, 0.5) is 0 Å². The van der Waals surface area contributed by atoms with Crippen molar-refractivity contribution in [3.05, 3.63) is 21.8 Å². The minimum Gasteiger partial charge on any atom is -0.312 e. The summed E-state index contributed by atoms with van der Waals surface area (Å²) in [5, 5.41) is 20.3. The second kappa shape index (κ2) is 3.46. The minimum atomic E-state index is -0.829. The molecule has 0 bridgehead atoms. The van der Waals surface area contributed by atoms with Gasteiger partial charge in [-0.05, 0) is 33.3 Å². The van der Waals surface area contributed by atoms with Crippen LogP contribution in [0.3, 0.4) is 0 Å². The molecule has 0 amide bonds. The zero-order chi connectivity index (χ0) is 11.9. The molecule has 0 aromatic carbocycles. The Morgan fingerprint density at radius 2 is 2.07 bits per heavy atom. The number of hydrogen-bond donors (Lipinski definition) is 1. The van der Waals surface area contributed by atoms with Crippen LogP contribution in [0.2, 0.25) is 0 Å². The molecule has 0 radical (unpaired) electrons. The van der Waals surface area contributed by atoms with Gasteiger partial charge >= 0.3 is 0 Å². The second-order valence-electron chi connectivity index (χ2n) is 4.69. The standard InChI is InChI=1S/C9H16N2O4/c1-8(2)5-7(6-15-11(13)14)9(3,4)10(8)12/h5,12H,6H2,1-4H3. The first-order valence-corrected chi connectivity index (χ1v) is 4.66. The lowest BCUT2D eigenvalue weighted by Gasteiger charge is -2.36. The van der Waals surface area contributed by atoms with E-state index in [-0.39, 0.29) is 6.61 Å². The highest BCUT2D eigenvalue weighted by atomic mass is 16.9. The summed E-state index contributed by atoms with van der Waals surface area (Å²) in [4.78, 5) is 14.4. The maximum absolute atomic E-state index is 10.1. The maximum atomic E-state index is 10.1. The summed E-state index contributed by atoms with van der Waals surface area (Å²) >= 11 is 0. The predicted octanol–water partition coefficient (Wildman–Crippen LogP) is 1.38. The van der Waals surface area contributed by atoms with E-state index in [0.29, 0.717) is 5.57 Å². The molecule has 1 heterocycles. The Balaban J connectivity index is 2.84. The van der Waals surface area contributed by atoms with Gasteiger partial charge in [0.05, 0.1) is 11.1 Å². The van der Waals surface area contributed by atoms with Gasteiger partial charge in [0.2, 0.25) is 0 Å². The van der Waals surface area contributed by atoms with Gasteiger partial charge in [0.25, 0.3) is 5.09 Å². The summed E-state index contributed by atoms with van der Waals surface area (Å²) in [6, 6.07) is 0. The summed E-state index contributed by atoms with van der Waals surface area (Å²) in [5.41, 5.74) is -0.468. The molecule has 0 aromatic rings. The van der Waals surface area contributed by atoms with E-state index in [4.69, 9.17) is 0 Å². The normalized spacial score (nSPS) is 23.7. The van der Waals surface area contributed by atoms with Gasteiger partial charge in [0.1, 0.15) is 6.61 Å². The van der Waals surface area contributed by atoms with Crippen LogP contribution < -0.4 is 0 Å². The fourth-order valence-electron chi connectivity index (χ4n) is 1.86. The lowest BCUT2D eigenvalue weighted by molar-refractivity contribution is -0.755. The van der Waals surface area contributed by atoms with E-state index in [1.54, 1.807) is 19.9 Å². The van der Waals surface area contributed by atoms with Crippen molar-refractivity contribution in [2.45, 2.75) is 38.8 Å². The fraction of sp³-hybridized carbons (Fsp3) is 0.778. The molecule has 86 valence electrons. The Morgan fingerprint density at radius 1 is 1.53 bits per heavy atom. The molecule has 0 saturated heterocycles. The molecule has 6 nitrogen and oxygen atoms in total. The Labute approximate surface area is 88.2 Å². The van der Waals surface area contributed by atoms with E-state index >= 15 is 0 Å². The van der Waals surface area contributed by atoms with E-state index < -0.39 is 16.2 Å². The number of hydroxylamine groups is 2. The Bertz CT molecular complexity index is 309. The maximum Gasteiger partial charge on any atom is 0.294 e. The zero-order valence-electron chi connectivity index (χ0n) is 9.35. The zero-order valence-corrected chi connectivity index (χ0v) is 9.35.